The first kappa shape index (κ1) is 20.6. The minimum Gasteiger partial charge on any atom is -0.494 e. The highest BCUT2D eigenvalue weighted by atomic mass is 16.6. The summed E-state index contributed by atoms with van der Waals surface area (Å²) in [7, 11) is 1.38. The fourth-order valence-corrected chi connectivity index (χ4v) is 6.73. The third kappa shape index (κ3) is 2.31. The summed E-state index contributed by atoms with van der Waals surface area (Å²) >= 11 is 0. The van der Waals surface area contributed by atoms with Crippen LogP contribution in [-0.2, 0) is 15.0 Å². The van der Waals surface area contributed by atoms with Gasteiger partial charge in [0.25, 0.3) is 5.69 Å². The van der Waals surface area contributed by atoms with E-state index >= 15 is 0 Å². The second kappa shape index (κ2) is 7.00. The fraction of sp³-hybridized carbons (Fsp3) is 0.259. The van der Waals surface area contributed by atoms with Crippen LogP contribution in [0.3, 0.4) is 0 Å². The molecular formula is C27H22N2O5. The van der Waals surface area contributed by atoms with Crippen molar-refractivity contribution >= 4 is 23.2 Å². The Labute approximate surface area is 196 Å². The number of amides is 2. The molecule has 4 aliphatic rings. The molecule has 7 rings (SSSR count). The van der Waals surface area contributed by atoms with Crippen LogP contribution in [0.1, 0.15) is 41.5 Å². The van der Waals surface area contributed by atoms with E-state index in [1.165, 1.54) is 30.2 Å². The van der Waals surface area contributed by atoms with Crippen molar-refractivity contribution in [3.63, 3.8) is 0 Å². The van der Waals surface area contributed by atoms with Crippen molar-refractivity contribution in [1.29, 1.82) is 0 Å². The molecule has 170 valence electrons. The van der Waals surface area contributed by atoms with Crippen LogP contribution >= 0.6 is 0 Å². The fourth-order valence-electron chi connectivity index (χ4n) is 6.73. The maximum absolute atomic E-state index is 14.1. The van der Waals surface area contributed by atoms with E-state index in [9.17, 15) is 19.7 Å². The first-order valence-electron chi connectivity index (χ1n) is 11.3. The number of hydrogen-bond donors (Lipinski definition) is 0. The highest BCUT2D eigenvalue weighted by Gasteiger charge is 2.67. The SMILES string of the molecule is CCC12c3ccccc3C(c3ccccc31)[C@H]1C(=O)N(c3ccc([N+](=O)[O-])cc3OC)C(=O)[C@H]12. The van der Waals surface area contributed by atoms with Crippen molar-refractivity contribution in [2.24, 2.45) is 11.8 Å². The Kier molecular flexibility index (Phi) is 4.24. The molecule has 0 N–H and O–H groups in total. The summed E-state index contributed by atoms with van der Waals surface area (Å²) in [6.07, 6.45) is 0.666. The maximum atomic E-state index is 14.1. The van der Waals surface area contributed by atoms with Gasteiger partial charge in [-0.15, -0.1) is 0 Å². The lowest BCUT2D eigenvalue weighted by molar-refractivity contribution is -0.384. The van der Waals surface area contributed by atoms with Gasteiger partial charge in [0.05, 0.1) is 35.6 Å². The quantitative estimate of drug-likeness (QED) is 0.327. The van der Waals surface area contributed by atoms with Crippen molar-refractivity contribution in [3.8, 4) is 5.75 Å². The Morgan fingerprint density at radius 3 is 2.15 bits per heavy atom. The predicted molar refractivity (Wildman–Crippen MR) is 125 cm³/mol. The van der Waals surface area contributed by atoms with E-state index < -0.39 is 22.2 Å². The van der Waals surface area contributed by atoms with Gasteiger partial charge in [0.1, 0.15) is 5.75 Å². The van der Waals surface area contributed by atoms with E-state index in [4.69, 9.17) is 4.74 Å². The molecule has 0 unspecified atom stereocenters. The molecular weight excluding hydrogens is 432 g/mol. The summed E-state index contributed by atoms with van der Waals surface area (Å²) in [4.78, 5) is 40.1. The van der Waals surface area contributed by atoms with Crippen LogP contribution in [-0.4, -0.2) is 23.8 Å². The number of imide groups is 1. The first-order chi connectivity index (χ1) is 16.5. The van der Waals surface area contributed by atoms with E-state index in [0.29, 0.717) is 6.42 Å². The first-order valence-corrected chi connectivity index (χ1v) is 11.3. The standard InChI is InChI=1S/C27H22N2O5/c1-3-27-18-10-6-4-8-16(18)22(17-9-5-7-11-19(17)27)23-24(27)26(31)28(25(23)30)20-13-12-15(29(32)33)14-21(20)34-2/h4-14,22-24H,3H2,1-2H3/t22?,23-,24+,27?/m1/s1. The molecule has 1 fully saturated rings. The predicted octanol–water partition coefficient (Wildman–Crippen LogP) is 4.56. The minimum atomic E-state index is -0.623. The molecule has 34 heavy (non-hydrogen) atoms. The van der Waals surface area contributed by atoms with Gasteiger partial charge in [-0.1, -0.05) is 55.5 Å². The number of hydrogen-bond acceptors (Lipinski definition) is 5. The van der Waals surface area contributed by atoms with Crippen molar-refractivity contribution < 1.29 is 19.2 Å². The highest BCUT2D eigenvalue weighted by molar-refractivity contribution is 6.24. The minimum absolute atomic E-state index is 0.127. The zero-order chi connectivity index (χ0) is 23.8. The second-order valence-electron chi connectivity index (χ2n) is 9.11. The van der Waals surface area contributed by atoms with Gasteiger partial charge in [0.2, 0.25) is 11.8 Å². The largest absolute Gasteiger partial charge is 0.494 e. The van der Waals surface area contributed by atoms with Gasteiger partial charge in [0, 0.05) is 17.4 Å². The zero-order valence-corrected chi connectivity index (χ0v) is 18.7. The number of benzene rings is 3. The number of nitro benzene ring substituents is 1. The normalized spacial score (nSPS) is 26.2. The third-order valence-corrected chi connectivity index (χ3v) is 7.97. The molecule has 0 saturated carbocycles. The number of nitrogens with zero attached hydrogens (tertiary/aromatic N) is 2. The highest BCUT2D eigenvalue weighted by Crippen LogP contribution is 2.65. The average Bonchev–Trinajstić information content (AvgIpc) is 3.14. The third-order valence-electron chi connectivity index (χ3n) is 7.97. The average molecular weight is 454 g/mol. The van der Waals surface area contributed by atoms with Gasteiger partial charge >= 0.3 is 0 Å². The van der Waals surface area contributed by atoms with Crippen LogP contribution < -0.4 is 9.64 Å². The number of anilines is 1. The Balaban J connectivity index is 1.59. The Morgan fingerprint density at radius 2 is 1.59 bits per heavy atom. The number of methoxy groups -OCH3 is 1. The number of rotatable bonds is 4. The van der Waals surface area contributed by atoms with E-state index in [1.807, 2.05) is 24.3 Å². The van der Waals surface area contributed by atoms with Crippen LogP contribution in [0.15, 0.2) is 66.7 Å². The Bertz CT molecular complexity index is 1350. The summed E-state index contributed by atoms with van der Waals surface area (Å²) < 4.78 is 5.39. The smallest absolute Gasteiger partial charge is 0.273 e. The van der Waals surface area contributed by atoms with Crippen LogP contribution in [0, 0.1) is 22.0 Å². The molecule has 3 aromatic rings. The lowest BCUT2D eigenvalue weighted by Crippen LogP contribution is -2.53. The van der Waals surface area contributed by atoms with Crippen LogP contribution in [0.4, 0.5) is 11.4 Å². The zero-order valence-electron chi connectivity index (χ0n) is 18.7. The monoisotopic (exact) mass is 454 g/mol. The van der Waals surface area contributed by atoms with Crippen molar-refractivity contribution in [2.45, 2.75) is 24.7 Å². The van der Waals surface area contributed by atoms with Crippen molar-refractivity contribution in [2.75, 3.05) is 12.0 Å². The van der Waals surface area contributed by atoms with E-state index in [-0.39, 0.29) is 34.9 Å². The van der Waals surface area contributed by atoms with Crippen LogP contribution in [0.5, 0.6) is 5.75 Å². The summed E-state index contributed by atoms with van der Waals surface area (Å²) in [6, 6.07) is 20.3. The van der Waals surface area contributed by atoms with Gasteiger partial charge < -0.3 is 4.74 Å². The summed E-state index contributed by atoms with van der Waals surface area (Å²) in [5, 5.41) is 11.3. The topological polar surface area (TPSA) is 89.8 Å². The molecule has 7 nitrogen and oxygen atoms in total. The molecule has 3 aliphatic carbocycles. The molecule has 0 spiro atoms. The number of ether oxygens (including phenoxy) is 1. The van der Waals surface area contributed by atoms with Gasteiger partial charge in [-0.2, -0.15) is 0 Å². The maximum Gasteiger partial charge on any atom is 0.273 e. The molecule has 2 amide bonds. The lowest BCUT2D eigenvalue weighted by Gasteiger charge is -2.54. The molecule has 3 aromatic carbocycles. The van der Waals surface area contributed by atoms with E-state index in [0.717, 1.165) is 22.3 Å². The van der Waals surface area contributed by atoms with Gasteiger partial charge in [-0.3, -0.25) is 19.7 Å². The molecule has 2 atom stereocenters. The van der Waals surface area contributed by atoms with Crippen LogP contribution in [0.2, 0.25) is 0 Å². The molecule has 0 radical (unpaired) electrons. The summed E-state index contributed by atoms with van der Waals surface area (Å²) in [5.41, 5.74) is 3.88. The molecule has 1 heterocycles. The van der Waals surface area contributed by atoms with Crippen molar-refractivity contribution in [3.05, 3.63) is 99.1 Å². The number of carbonyl (C=O) groups excluding carboxylic acids is 2. The van der Waals surface area contributed by atoms with Gasteiger partial charge in [-0.05, 0) is 34.7 Å². The van der Waals surface area contributed by atoms with E-state index in [1.54, 1.807) is 0 Å². The molecule has 2 bridgehead atoms. The molecule has 0 aromatic heterocycles. The van der Waals surface area contributed by atoms with Crippen LogP contribution in [0.25, 0.3) is 0 Å². The molecule has 7 heteroatoms. The second-order valence-corrected chi connectivity index (χ2v) is 9.11. The number of carbonyl (C=O) groups is 2. The number of non-ortho nitro benzene ring substituents is 1. The molecule has 1 saturated heterocycles. The number of nitro groups is 1. The van der Waals surface area contributed by atoms with Gasteiger partial charge in [0.15, 0.2) is 0 Å². The van der Waals surface area contributed by atoms with Gasteiger partial charge in [-0.25, -0.2) is 4.90 Å². The summed E-state index contributed by atoms with van der Waals surface area (Å²) in [6.45, 7) is 2.07. The van der Waals surface area contributed by atoms with E-state index in [2.05, 4.69) is 31.2 Å². The Hall–Kier alpha value is -4.00. The summed E-state index contributed by atoms with van der Waals surface area (Å²) in [5.74, 6) is -1.76. The lowest BCUT2D eigenvalue weighted by atomic mass is 9.46. The molecule has 1 aliphatic heterocycles. The Morgan fingerprint density at radius 1 is 0.971 bits per heavy atom. The van der Waals surface area contributed by atoms with Crippen molar-refractivity contribution in [1.82, 2.24) is 0 Å².